The molecular weight excluding hydrogens is 344 g/mol. The van der Waals surface area contributed by atoms with Crippen molar-refractivity contribution in [2.75, 3.05) is 10.2 Å². The van der Waals surface area contributed by atoms with Crippen molar-refractivity contribution >= 4 is 35.0 Å². The molecule has 5 heteroatoms. The Bertz CT molecular complexity index is 876. The number of hydrogen-bond acceptors (Lipinski definition) is 3. The van der Waals surface area contributed by atoms with Crippen LogP contribution in [0.2, 0.25) is 0 Å². The van der Waals surface area contributed by atoms with Crippen LogP contribution in [0.3, 0.4) is 0 Å². The molecule has 0 aliphatic carbocycles. The third kappa shape index (κ3) is 3.23. The Morgan fingerprint density at radius 3 is 2.58 bits per heavy atom. The summed E-state index contributed by atoms with van der Waals surface area (Å²) in [5, 5.41) is 2.59. The minimum Gasteiger partial charge on any atom is -0.322 e. The molecule has 2 amide bonds. The van der Waals surface area contributed by atoms with E-state index < -0.39 is 5.54 Å². The van der Waals surface area contributed by atoms with Crippen molar-refractivity contribution in [3.8, 4) is 0 Å². The van der Waals surface area contributed by atoms with Crippen molar-refractivity contribution in [3.05, 3.63) is 53.6 Å². The number of nitrogens with one attached hydrogen (secondary N) is 1. The number of carbonyl (C=O) groups excluding carboxylic acids is 2. The van der Waals surface area contributed by atoms with E-state index in [1.807, 2.05) is 45.0 Å². The van der Waals surface area contributed by atoms with Crippen LogP contribution in [-0.4, -0.2) is 22.6 Å². The average molecular weight is 369 g/mol. The van der Waals surface area contributed by atoms with Gasteiger partial charge in [0.05, 0.1) is 16.6 Å². The van der Waals surface area contributed by atoms with Gasteiger partial charge in [0.1, 0.15) is 5.54 Å². The number of para-hydroxylation sites is 2. The second kappa shape index (κ2) is 6.80. The predicted molar refractivity (Wildman–Crippen MR) is 108 cm³/mol. The van der Waals surface area contributed by atoms with Gasteiger partial charge >= 0.3 is 0 Å². The molecule has 0 aromatic heterocycles. The molecule has 0 fully saturated rings. The fourth-order valence-corrected chi connectivity index (χ4v) is 4.20. The van der Waals surface area contributed by atoms with Gasteiger partial charge in [0.25, 0.3) is 0 Å². The average Bonchev–Trinajstić information content (AvgIpc) is 2.58. The first-order chi connectivity index (χ1) is 12.2. The van der Waals surface area contributed by atoms with Crippen molar-refractivity contribution in [2.45, 2.75) is 50.3 Å². The monoisotopic (exact) mass is 368 g/mol. The van der Waals surface area contributed by atoms with Crippen molar-refractivity contribution in [3.63, 3.8) is 0 Å². The molecule has 136 valence electrons. The highest BCUT2D eigenvalue weighted by Crippen LogP contribution is 2.39. The smallest absolute Gasteiger partial charge is 0.250 e. The standard InChI is InChI=1S/C21H24N2O2S/c1-13-10-11-14(2)18(12-13)26-15(3)19(24)23-17-9-7-6-8-16(17)22-20(25)21(23,4)5/h6-12,15H,1-5H3,(H,22,25). The van der Waals surface area contributed by atoms with E-state index in [1.54, 1.807) is 18.7 Å². The van der Waals surface area contributed by atoms with E-state index in [0.29, 0.717) is 5.69 Å². The molecule has 1 N–H and O–H groups in total. The zero-order valence-electron chi connectivity index (χ0n) is 15.8. The van der Waals surface area contributed by atoms with Crippen LogP contribution in [0.15, 0.2) is 47.4 Å². The van der Waals surface area contributed by atoms with Crippen molar-refractivity contribution < 1.29 is 9.59 Å². The summed E-state index contributed by atoms with van der Waals surface area (Å²) in [6.45, 7) is 9.56. The van der Waals surface area contributed by atoms with E-state index >= 15 is 0 Å². The fraction of sp³-hybridized carbons (Fsp3) is 0.333. The topological polar surface area (TPSA) is 49.4 Å². The van der Waals surface area contributed by atoms with E-state index in [9.17, 15) is 9.59 Å². The first-order valence-corrected chi connectivity index (χ1v) is 9.58. The lowest BCUT2D eigenvalue weighted by Crippen LogP contribution is -2.60. The van der Waals surface area contributed by atoms with Gasteiger partial charge in [-0.15, -0.1) is 11.8 Å². The summed E-state index contributed by atoms with van der Waals surface area (Å²) in [6.07, 6.45) is 0. The molecule has 26 heavy (non-hydrogen) atoms. The Labute approximate surface area is 159 Å². The lowest BCUT2D eigenvalue weighted by molar-refractivity contribution is -0.126. The van der Waals surface area contributed by atoms with Crippen LogP contribution in [0, 0.1) is 13.8 Å². The molecule has 0 spiro atoms. The minimum absolute atomic E-state index is 0.0665. The summed E-state index contributed by atoms with van der Waals surface area (Å²) in [7, 11) is 0. The van der Waals surface area contributed by atoms with Gasteiger partial charge in [-0.3, -0.25) is 14.5 Å². The highest BCUT2D eigenvalue weighted by Gasteiger charge is 2.44. The second-order valence-electron chi connectivity index (χ2n) is 7.23. The lowest BCUT2D eigenvalue weighted by atomic mass is 9.96. The fourth-order valence-electron chi connectivity index (χ4n) is 3.10. The van der Waals surface area contributed by atoms with Gasteiger partial charge in [-0.1, -0.05) is 29.8 Å². The molecule has 1 heterocycles. The summed E-state index contributed by atoms with van der Waals surface area (Å²) >= 11 is 1.54. The Kier molecular flexibility index (Phi) is 4.84. The number of aryl methyl sites for hydroxylation is 2. The van der Waals surface area contributed by atoms with Crippen LogP contribution < -0.4 is 10.2 Å². The molecule has 1 atom stereocenters. The molecule has 1 aliphatic rings. The van der Waals surface area contributed by atoms with Crippen LogP contribution in [0.1, 0.15) is 31.9 Å². The Morgan fingerprint density at radius 1 is 1.15 bits per heavy atom. The first-order valence-electron chi connectivity index (χ1n) is 8.70. The molecular formula is C21H24N2O2S. The number of rotatable bonds is 3. The number of anilines is 2. The lowest BCUT2D eigenvalue weighted by Gasteiger charge is -2.43. The number of carbonyl (C=O) groups is 2. The molecule has 0 radical (unpaired) electrons. The molecule has 3 rings (SSSR count). The second-order valence-corrected chi connectivity index (χ2v) is 8.62. The molecule has 4 nitrogen and oxygen atoms in total. The van der Waals surface area contributed by atoms with Crippen molar-refractivity contribution in [1.29, 1.82) is 0 Å². The number of amides is 2. The maximum absolute atomic E-state index is 13.3. The zero-order chi connectivity index (χ0) is 19.1. The van der Waals surface area contributed by atoms with Crippen LogP contribution in [0.25, 0.3) is 0 Å². The molecule has 1 aliphatic heterocycles. The summed E-state index contributed by atoms with van der Waals surface area (Å²) in [5.74, 6) is -0.239. The van der Waals surface area contributed by atoms with E-state index in [2.05, 4.69) is 23.5 Å². The highest BCUT2D eigenvalue weighted by molar-refractivity contribution is 8.00. The van der Waals surface area contributed by atoms with Gasteiger partial charge in [-0.2, -0.15) is 0 Å². The Balaban J connectivity index is 1.94. The summed E-state index contributed by atoms with van der Waals surface area (Å²) in [5.41, 5.74) is 2.80. The van der Waals surface area contributed by atoms with Crippen LogP contribution >= 0.6 is 11.8 Å². The van der Waals surface area contributed by atoms with E-state index in [0.717, 1.165) is 16.1 Å². The minimum atomic E-state index is -0.943. The number of benzene rings is 2. The number of fused-ring (bicyclic) bond motifs is 1. The first kappa shape index (κ1) is 18.5. The van der Waals surface area contributed by atoms with E-state index in [4.69, 9.17) is 0 Å². The van der Waals surface area contributed by atoms with Crippen LogP contribution in [0.4, 0.5) is 11.4 Å². The van der Waals surface area contributed by atoms with E-state index in [1.165, 1.54) is 17.3 Å². The van der Waals surface area contributed by atoms with Crippen molar-refractivity contribution in [2.24, 2.45) is 0 Å². The van der Waals surface area contributed by atoms with Gasteiger partial charge in [0.2, 0.25) is 11.8 Å². The maximum Gasteiger partial charge on any atom is 0.250 e. The number of nitrogens with zero attached hydrogens (tertiary/aromatic N) is 1. The molecule has 2 aromatic carbocycles. The molecule has 2 aromatic rings. The summed E-state index contributed by atoms with van der Waals surface area (Å²) in [4.78, 5) is 28.6. The molecule has 0 saturated heterocycles. The van der Waals surface area contributed by atoms with Gasteiger partial charge in [-0.25, -0.2) is 0 Å². The van der Waals surface area contributed by atoms with Gasteiger partial charge in [-0.05, 0) is 58.4 Å². The third-order valence-electron chi connectivity index (χ3n) is 4.72. The Hall–Kier alpha value is -2.27. The zero-order valence-corrected chi connectivity index (χ0v) is 16.6. The quantitative estimate of drug-likeness (QED) is 0.809. The van der Waals surface area contributed by atoms with Crippen molar-refractivity contribution in [1.82, 2.24) is 0 Å². The summed E-state index contributed by atoms with van der Waals surface area (Å²) in [6, 6.07) is 13.7. The Morgan fingerprint density at radius 2 is 1.85 bits per heavy atom. The SMILES string of the molecule is Cc1ccc(C)c(SC(C)C(=O)N2c3ccccc3NC(=O)C2(C)C)c1. The van der Waals surface area contributed by atoms with E-state index in [-0.39, 0.29) is 17.1 Å². The predicted octanol–water partition coefficient (Wildman–Crippen LogP) is 4.55. The highest BCUT2D eigenvalue weighted by atomic mass is 32.2. The molecule has 0 saturated carbocycles. The molecule has 1 unspecified atom stereocenters. The number of thioether (sulfide) groups is 1. The van der Waals surface area contributed by atoms with Gasteiger partial charge in [0.15, 0.2) is 0 Å². The van der Waals surface area contributed by atoms with Crippen LogP contribution in [-0.2, 0) is 9.59 Å². The third-order valence-corrected chi connectivity index (χ3v) is 5.97. The normalized spacial score (nSPS) is 16.7. The largest absolute Gasteiger partial charge is 0.322 e. The summed E-state index contributed by atoms with van der Waals surface area (Å²) < 4.78 is 0. The molecule has 0 bridgehead atoms. The maximum atomic E-state index is 13.3. The van der Waals surface area contributed by atoms with Gasteiger partial charge < -0.3 is 5.32 Å². The van der Waals surface area contributed by atoms with Gasteiger partial charge in [0, 0.05) is 4.90 Å². The number of hydrogen-bond donors (Lipinski definition) is 1. The van der Waals surface area contributed by atoms with Crippen LogP contribution in [0.5, 0.6) is 0 Å².